The van der Waals surface area contributed by atoms with E-state index in [1.54, 1.807) is 35.7 Å². The van der Waals surface area contributed by atoms with Gasteiger partial charge in [0.25, 0.3) is 0 Å². The van der Waals surface area contributed by atoms with E-state index in [9.17, 15) is 9.59 Å². The van der Waals surface area contributed by atoms with E-state index < -0.39 is 5.92 Å². The molecule has 126 valence electrons. The van der Waals surface area contributed by atoms with Gasteiger partial charge in [0.1, 0.15) is 0 Å². The number of nitrogens with one attached hydrogen (secondary N) is 1. The number of nitrogens with zero attached hydrogens (tertiary/aromatic N) is 3. The summed E-state index contributed by atoms with van der Waals surface area (Å²) < 4.78 is 0. The molecule has 0 aromatic carbocycles. The molecule has 0 saturated carbocycles. The quantitative estimate of drug-likeness (QED) is 0.899. The molecule has 0 aliphatic carbocycles. The number of rotatable bonds is 5. The molecule has 7 heteroatoms. The lowest BCUT2D eigenvalue weighted by atomic mass is 9.94. The van der Waals surface area contributed by atoms with Crippen molar-refractivity contribution >= 4 is 23.2 Å². The highest BCUT2D eigenvalue weighted by Crippen LogP contribution is 2.36. The molecule has 1 N–H and O–H groups in total. The topological polar surface area (TPSA) is 75.2 Å². The number of thiazole rings is 1. The minimum Gasteiger partial charge on any atom is -0.350 e. The van der Waals surface area contributed by atoms with Crippen LogP contribution in [0.5, 0.6) is 0 Å². The minimum absolute atomic E-state index is 0.0223. The summed E-state index contributed by atoms with van der Waals surface area (Å²) in [6, 6.07) is 3.46. The van der Waals surface area contributed by atoms with Crippen LogP contribution in [0, 0.1) is 5.92 Å². The predicted octanol–water partition coefficient (Wildman–Crippen LogP) is 1.94. The smallest absolute Gasteiger partial charge is 0.226 e. The molecule has 24 heavy (non-hydrogen) atoms. The van der Waals surface area contributed by atoms with E-state index in [-0.39, 0.29) is 24.3 Å². The number of hydrogen-bond donors (Lipinski definition) is 1. The van der Waals surface area contributed by atoms with Crippen molar-refractivity contribution in [2.24, 2.45) is 5.92 Å². The zero-order chi connectivity index (χ0) is 17.1. The molecule has 3 rings (SSSR count). The Labute approximate surface area is 144 Å². The fraction of sp³-hybridized carbons (Fsp3) is 0.412. The molecule has 3 heterocycles. The molecule has 2 aromatic rings. The Morgan fingerprint density at radius 2 is 2.33 bits per heavy atom. The third-order valence-corrected chi connectivity index (χ3v) is 5.34. The summed E-state index contributed by atoms with van der Waals surface area (Å²) >= 11 is 1.60. The molecule has 1 aliphatic rings. The van der Waals surface area contributed by atoms with Crippen LogP contribution in [-0.2, 0) is 22.6 Å². The Bertz CT molecular complexity index is 731. The van der Waals surface area contributed by atoms with Crippen LogP contribution in [0.25, 0.3) is 0 Å². The number of hydrogen-bond acceptors (Lipinski definition) is 5. The molecule has 1 aliphatic heterocycles. The summed E-state index contributed by atoms with van der Waals surface area (Å²) in [5.41, 5.74) is 1.74. The number of aromatic nitrogens is 2. The highest BCUT2D eigenvalue weighted by atomic mass is 32.1. The van der Waals surface area contributed by atoms with Gasteiger partial charge in [0.2, 0.25) is 11.8 Å². The number of pyridine rings is 1. The van der Waals surface area contributed by atoms with Crippen LogP contribution >= 0.6 is 11.3 Å². The van der Waals surface area contributed by atoms with Gasteiger partial charge in [-0.1, -0.05) is 13.0 Å². The predicted molar refractivity (Wildman–Crippen MR) is 91.2 cm³/mol. The maximum Gasteiger partial charge on any atom is 0.226 e. The largest absolute Gasteiger partial charge is 0.350 e. The van der Waals surface area contributed by atoms with E-state index in [1.807, 2.05) is 17.5 Å². The molecule has 0 unspecified atom stereocenters. The molecular weight excluding hydrogens is 324 g/mol. The minimum atomic E-state index is -0.406. The van der Waals surface area contributed by atoms with Crippen molar-refractivity contribution < 1.29 is 9.59 Å². The van der Waals surface area contributed by atoms with Crippen molar-refractivity contribution in [3.63, 3.8) is 0 Å². The molecule has 2 atom stereocenters. The first kappa shape index (κ1) is 16.6. The van der Waals surface area contributed by atoms with Crippen LogP contribution in [0.15, 0.2) is 29.9 Å². The third kappa shape index (κ3) is 3.31. The molecule has 6 nitrogen and oxygen atoms in total. The van der Waals surface area contributed by atoms with Crippen LogP contribution < -0.4 is 5.32 Å². The van der Waals surface area contributed by atoms with Gasteiger partial charge < -0.3 is 10.2 Å². The molecule has 1 fully saturated rings. The Morgan fingerprint density at radius 3 is 3.00 bits per heavy atom. The SMILES string of the molecule is CCc1nc(CNC(=O)[C@H]2CC(=O)N(C)[C@H]2c2cccnc2)cs1. The second-order valence-corrected chi connectivity index (χ2v) is 6.79. The number of carbonyl (C=O) groups is 2. The molecule has 1 saturated heterocycles. The van der Waals surface area contributed by atoms with Crippen LogP contribution in [0.3, 0.4) is 0 Å². The summed E-state index contributed by atoms with van der Waals surface area (Å²) in [5, 5.41) is 5.95. The van der Waals surface area contributed by atoms with Crippen molar-refractivity contribution in [3.05, 3.63) is 46.2 Å². The van der Waals surface area contributed by atoms with E-state index in [4.69, 9.17) is 0 Å². The van der Waals surface area contributed by atoms with Crippen LogP contribution in [0.2, 0.25) is 0 Å². The van der Waals surface area contributed by atoms with E-state index in [0.717, 1.165) is 22.7 Å². The van der Waals surface area contributed by atoms with Gasteiger partial charge in [0.15, 0.2) is 0 Å². The zero-order valence-electron chi connectivity index (χ0n) is 13.7. The van der Waals surface area contributed by atoms with Crippen LogP contribution in [-0.4, -0.2) is 33.7 Å². The number of likely N-dealkylation sites (tertiary alicyclic amines) is 1. The maximum atomic E-state index is 12.6. The van der Waals surface area contributed by atoms with Gasteiger partial charge >= 0.3 is 0 Å². The lowest BCUT2D eigenvalue weighted by molar-refractivity contribution is -0.128. The molecular formula is C17H20N4O2S. The molecule has 0 bridgehead atoms. The van der Waals surface area contributed by atoms with E-state index in [1.165, 1.54) is 0 Å². The Kier molecular flexibility index (Phi) is 4.89. The van der Waals surface area contributed by atoms with Crippen molar-refractivity contribution in [2.45, 2.75) is 32.4 Å². The van der Waals surface area contributed by atoms with Gasteiger partial charge in [0.05, 0.1) is 29.2 Å². The summed E-state index contributed by atoms with van der Waals surface area (Å²) in [6.45, 7) is 2.45. The van der Waals surface area contributed by atoms with Crippen molar-refractivity contribution in [3.8, 4) is 0 Å². The highest BCUT2D eigenvalue weighted by Gasteiger charge is 2.42. The number of carbonyl (C=O) groups excluding carboxylic acids is 2. The fourth-order valence-electron chi connectivity index (χ4n) is 3.01. The Hall–Kier alpha value is -2.28. The monoisotopic (exact) mass is 344 g/mol. The van der Waals surface area contributed by atoms with Gasteiger partial charge in [-0.3, -0.25) is 14.6 Å². The van der Waals surface area contributed by atoms with Gasteiger partial charge in [-0.2, -0.15) is 0 Å². The molecule has 2 aromatic heterocycles. The lowest BCUT2D eigenvalue weighted by Crippen LogP contribution is -2.34. The summed E-state index contributed by atoms with van der Waals surface area (Å²) in [4.78, 5) is 34.9. The van der Waals surface area contributed by atoms with Gasteiger partial charge in [0, 0.05) is 31.2 Å². The van der Waals surface area contributed by atoms with Crippen molar-refractivity contribution in [1.82, 2.24) is 20.2 Å². The normalized spacial score (nSPS) is 20.4. The van der Waals surface area contributed by atoms with Gasteiger partial charge in [-0.15, -0.1) is 11.3 Å². The summed E-state index contributed by atoms with van der Waals surface area (Å²) in [7, 11) is 1.74. The molecule has 0 radical (unpaired) electrons. The van der Waals surface area contributed by atoms with Crippen molar-refractivity contribution in [2.75, 3.05) is 7.05 Å². The van der Waals surface area contributed by atoms with Crippen molar-refractivity contribution in [1.29, 1.82) is 0 Å². The van der Waals surface area contributed by atoms with E-state index in [0.29, 0.717) is 6.54 Å². The van der Waals surface area contributed by atoms with Crippen LogP contribution in [0.1, 0.15) is 35.7 Å². The lowest BCUT2D eigenvalue weighted by Gasteiger charge is -2.24. The molecule has 0 spiro atoms. The van der Waals surface area contributed by atoms with Crippen LogP contribution in [0.4, 0.5) is 0 Å². The molecule has 2 amide bonds. The van der Waals surface area contributed by atoms with Gasteiger partial charge in [-0.25, -0.2) is 4.98 Å². The number of amides is 2. The first-order valence-corrected chi connectivity index (χ1v) is 8.84. The second-order valence-electron chi connectivity index (χ2n) is 5.85. The number of aryl methyl sites for hydroxylation is 1. The summed E-state index contributed by atoms with van der Waals surface area (Å²) in [6.07, 6.45) is 4.51. The average molecular weight is 344 g/mol. The summed E-state index contributed by atoms with van der Waals surface area (Å²) in [5.74, 6) is -0.547. The standard InChI is InChI=1S/C17H20N4O2S/c1-3-14-20-12(10-24-14)9-19-17(23)13-7-15(22)21(2)16(13)11-5-4-6-18-8-11/h4-6,8,10,13,16H,3,7,9H2,1-2H3,(H,19,23)/t13-,16-/m0/s1. The highest BCUT2D eigenvalue weighted by molar-refractivity contribution is 7.09. The maximum absolute atomic E-state index is 12.6. The third-order valence-electron chi connectivity index (χ3n) is 4.29. The average Bonchev–Trinajstić information content (AvgIpc) is 3.18. The van der Waals surface area contributed by atoms with E-state index in [2.05, 4.69) is 22.2 Å². The fourth-order valence-corrected chi connectivity index (χ4v) is 3.76. The Morgan fingerprint density at radius 1 is 1.50 bits per heavy atom. The second kappa shape index (κ2) is 7.09. The zero-order valence-corrected chi connectivity index (χ0v) is 14.5. The first-order valence-electron chi connectivity index (χ1n) is 7.96. The Balaban J connectivity index is 1.71. The van der Waals surface area contributed by atoms with E-state index >= 15 is 0 Å². The van der Waals surface area contributed by atoms with Gasteiger partial charge in [-0.05, 0) is 18.1 Å². The first-order chi connectivity index (χ1) is 11.6.